The molecule has 6 heterocycles. The van der Waals surface area contributed by atoms with Crippen LogP contribution in [0.5, 0.6) is 0 Å². The van der Waals surface area contributed by atoms with Crippen LogP contribution in [0.25, 0.3) is 180 Å². The first-order valence-corrected chi connectivity index (χ1v) is 50.0. The van der Waals surface area contributed by atoms with E-state index in [0.29, 0.717) is 0 Å². The van der Waals surface area contributed by atoms with Crippen molar-refractivity contribution in [1.29, 1.82) is 0 Å². The van der Waals surface area contributed by atoms with Crippen LogP contribution in [0, 0.1) is 0 Å². The van der Waals surface area contributed by atoms with Crippen molar-refractivity contribution in [3.05, 3.63) is 479 Å². The van der Waals surface area contributed by atoms with Crippen molar-refractivity contribution in [3.8, 4) is 22.3 Å². The molecule has 0 aliphatic rings. The first kappa shape index (κ1) is 79.0. The Morgan fingerprint density at radius 2 is 0.511 bits per heavy atom. The lowest BCUT2D eigenvalue weighted by Crippen LogP contribution is -2.26. The lowest BCUT2D eigenvalue weighted by Gasteiger charge is -2.24. The average molecular weight is 1760 g/mol. The van der Waals surface area contributed by atoms with Crippen LogP contribution in [0.1, 0.15) is 0 Å². The average Bonchev–Trinajstić information content (AvgIpc) is 1.82. The van der Waals surface area contributed by atoms with Crippen LogP contribution in [0.3, 0.4) is 0 Å². The molecule has 0 spiro atoms. The SMILES string of the molecule is O=P(c1ccc2c3ccccc3c3nc4ccccc4n3c2c1)(c1cccc2ccccc12)c1cccc2ccccc12.O=P(c1ccccc1)(c1ccccc1)c1ccc(-c2ccc3c(c2)c2ccccc2c2nc4ccccc4n32)c2ccccc12.O=P(c1ccccc1)(c1ccccc1)c1ccc2ccc(-c3ccc4c(c3)c3ccccc3c3nc5ccccc5n43)cc2c1. The second kappa shape index (κ2) is 31.9. The molecule has 133 heavy (non-hydrogen) atoms. The van der Waals surface area contributed by atoms with Crippen LogP contribution in [-0.4, -0.2) is 28.2 Å². The van der Waals surface area contributed by atoms with Gasteiger partial charge in [0.2, 0.25) is 0 Å². The number of hydrogen-bond donors (Lipinski definition) is 0. The maximum Gasteiger partial charge on any atom is 0.172 e. The van der Waals surface area contributed by atoms with E-state index in [9.17, 15) is 0 Å². The Kier molecular flexibility index (Phi) is 18.9. The minimum absolute atomic E-state index is 0.807. The van der Waals surface area contributed by atoms with Gasteiger partial charge in [-0.1, -0.05) is 394 Å². The lowest BCUT2D eigenvalue weighted by molar-refractivity contribution is 0.591. The maximum atomic E-state index is 16.3. The summed E-state index contributed by atoms with van der Waals surface area (Å²) in [5.74, 6) is 0. The van der Waals surface area contributed by atoms with Gasteiger partial charge in [0, 0.05) is 80.1 Å². The fourth-order valence-corrected chi connectivity index (χ4v) is 29.3. The molecule has 0 bridgehead atoms. The third-order valence-corrected chi connectivity index (χ3v) is 36.2. The summed E-state index contributed by atoms with van der Waals surface area (Å²) in [6.07, 6.45) is 0. The summed E-state index contributed by atoms with van der Waals surface area (Å²) in [4.78, 5) is 15.1. The number of benzene rings is 21. The predicted molar refractivity (Wildman–Crippen MR) is 562 cm³/mol. The van der Waals surface area contributed by atoms with Gasteiger partial charge in [-0.3, -0.25) is 13.2 Å². The Labute approximate surface area is 765 Å². The van der Waals surface area contributed by atoms with Crippen molar-refractivity contribution >= 4 is 227 Å². The summed E-state index contributed by atoms with van der Waals surface area (Å²) in [6, 6.07) is 164. The van der Waals surface area contributed by atoms with Gasteiger partial charge in [0.1, 0.15) is 16.9 Å². The van der Waals surface area contributed by atoms with Crippen molar-refractivity contribution in [2.75, 3.05) is 0 Å². The van der Waals surface area contributed by atoms with E-state index in [1.807, 2.05) is 188 Å². The van der Waals surface area contributed by atoms with Crippen molar-refractivity contribution in [2.45, 2.75) is 0 Å². The van der Waals surface area contributed by atoms with E-state index in [1.54, 1.807) is 0 Å². The summed E-state index contributed by atoms with van der Waals surface area (Å²) < 4.78 is 53.5. The largest absolute Gasteiger partial charge is 0.309 e. The molecular formula is C121H79N6O3P3. The molecule has 0 atom stereocenters. The third-order valence-electron chi connectivity index (χ3n) is 26.9. The summed E-state index contributed by atoms with van der Waals surface area (Å²) >= 11 is 0. The van der Waals surface area contributed by atoms with Gasteiger partial charge < -0.3 is 13.7 Å². The molecule has 27 rings (SSSR count). The van der Waals surface area contributed by atoms with Crippen molar-refractivity contribution < 1.29 is 13.7 Å². The molecule has 0 unspecified atom stereocenters. The Morgan fingerprint density at radius 3 is 1.01 bits per heavy atom. The molecule has 0 amide bonds. The van der Waals surface area contributed by atoms with Crippen LogP contribution < -0.4 is 47.7 Å². The van der Waals surface area contributed by atoms with E-state index < -0.39 is 21.4 Å². The highest BCUT2D eigenvalue weighted by Gasteiger charge is 2.36. The maximum absolute atomic E-state index is 16.3. The molecule has 626 valence electrons. The van der Waals surface area contributed by atoms with Gasteiger partial charge in [0.15, 0.2) is 21.4 Å². The number of imidazole rings is 3. The van der Waals surface area contributed by atoms with Gasteiger partial charge in [0.05, 0.1) is 49.7 Å². The van der Waals surface area contributed by atoms with Crippen LogP contribution in [-0.2, 0) is 13.7 Å². The van der Waals surface area contributed by atoms with Gasteiger partial charge in [-0.15, -0.1) is 0 Å². The van der Waals surface area contributed by atoms with Crippen molar-refractivity contribution in [1.82, 2.24) is 28.2 Å². The van der Waals surface area contributed by atoms with E-state index in [4.69, 9.17) is 15.0 Å². The van der Waals surface area contributed by atoms with E-state index in [-0.39, 0.29) is 0 Å². The Balaban J connectivity index is 0.000000107. The first-order chi connectivity index (χ1) is 65.6. The normalized spacial score (nSPS) is 12.2. The molecule has 6 aromatic heterocycles. The standard InChI is InChI=1S/2C41H27N2OP.C39H25N2OP/c44-45(29-13-3-1-4-14-29,30-15-5-2-6-16-30)40-26-24-31(32-17-7-9-19-34(32)40)28-23-25-38-36(27-28)33-18-8-10-20-35(33)41-42-37-21-11-12-22-39(37)43(38)41;44-45(32-11-3-1-4-12-32,33-13-5-2-6-14-33)34-23-21-28-19-20-29(25-31(28)26-34)30-22-24-39-37(27-30)35-15-7-8-16-36(35)41-42-38-17-9-10-18-40(38)43(39)41;42-43(37-21-9-13-26-11-1-3-15-29(26)37,38-22-10-14-27-12-2-4-16-30(27)38)28-23-24-32-31-17-5-6-18-33(31)39-40-34-19-7-8-20-35(34)41(39)36(32)25-28/h2*1-27H;1-25H. The van der Waals surface area contributed by atoms with Crippen molar-refractivity contribution in [3.63, 3.8) is 0 Å². The van der Waals surface area contributed by atoms with Gasteiger partial charge in [-0.05, 0) is 166 Å². The van der Waals surface area contributed by atoms with E-state index in [0.717, 1.165) is 207 Å². The minimum Gasteiger partial charge on any atom is -0.309 e. The van der Waals surface area contributed by atoms with Crippen molar-refractivity contribution in [2.24, 2.45) is 0 Å². The number of nitrogens with zero attached hydrogens (tertiary/aromatic N) is 6. The molecule has 0 radical (unpaired) electrons. The number of para-hydroxylation sites is 6. The molecule has 0 saturated heterocycles. The quantitative estimate of drug-likeness (QED) is 0.0944. The summed E-state index contributed by atoms with van der Waals surface area (Å²) in [6.45, 7) is 0. The van der Waals surface area contributed by atoms with Gasteiger partial charge in [-0.2, -0.15) is 0 Å². The molecule has 0 aliphatic heterocycles. The number of pyridine rings is 3. The van der Waals surface area contributed by atoms with Gasteiger partial charge >= 0.3 is 0 Å². The van der Waals surface area contributed by atoms with Crippen LogP contribution in [0.4, 0.5) is 0 Å². The van der Waals surface area contributed by atoms with E-state index in [1.165, 1.54) is 21.5 Å². The molecule has 12 heteroatoms. The van der Waals surface area contributed by atoms with Crippen LogP contribution >= 0.6 is 21.4 Å². The Hall–Kier alpha value is -16.2. The number of aromatic nitrogens is 6. The van der Waals surface area contributed by atoms with Gasteiger partial charge in [0.25, 0.3) is 0 Å². The molecule has 0 saturated carbocycles. The zero-order chi connectivity index (χ0) is 88.5. The molecule has 27 aromatic rings. The monoisotopic (exact) mass is 1760 g/mol. The van der Waals surface area contributed by atoms with Gasteiger partial charge in [-0.25, -0.2) is 15.0 Å². The zero-order valence-corrected chi connectivity index (χ0v) is 74.5. The number of rotatable bonds is 11. The van der Waals surface area contributed by atoms with Crippen LogP contribution in [0.15, 0.2) is 479 Å². The fraction of sp³-hybridized carbons (Fsp3) is 0. The first-order valence-electron chi connectivity index (χ1n) is 44.8. The third kappa shape index (κ3) is 12.8. The second-order valence-electron chi connectivity index (χ2n) is 34.2. The fourth-order valence-electron chi connectivity index (χ4n) is 20.7. The Morgan fingerprint density at radius 1 is 0.165 bits per heavy atom. The highest BCUT2D eigenvalue weighted by atomic mass is 31.2. The highest BCUT2D eigenvalue weighted by molar-refractivity contribution is 7.86. The molecule has 0 N–H and O–H groups in total. The molecular weight excluding hydrogens is 1680 g/mol. The zero-order valence-electron chi connectivity index (χ0n) is 71.9. The summed E-state index contributed by atoms with van der Waals surface area (Å²) in [5, 5.41) is 26.4. The lowest BCUT2D eigenvalue weighted by atomic mass is 9.95. The minimum atomic E-state index is -3.39. The second-order valence-corrected chi connectivity index (χ2v) is 42.4. The van der Waals surface area contributed by atoms with Crippen LogP contribution in [0.2, 0.25) is 0 Å². The Bertz CT molecular complexity index is 9430. The molecule has 9 nitrogen and oxygen atoms in total. The number of hydrogen-bond acceptors (Lipinski definition) is 6. The molecule has 0 fully saturated rings. The molecule has 21 aromatic carbocycles. The number of fused-ring (bicyclic) bond motifs is 28. The highest BCUT2D eigenvalue weighted by Crippen LogP contribution is 2.51. The topological polar surface area (TPSA) is 103 Å². The smallest absolute Gasteiger partial charge is 0.172 e. The predicted octanol–water partition coefficient (Wildman–Crippen LogP) is 27.2. The van der Waals surface area contributed by atoms with E-state index in [2.05, 4.69) is 304 Å². The summed E-state index contributed by atoms with van der Waals surface area (Å²) in [7, 11) is -9.62. The van der Waals surface area contributed by atoms with E-state index >= 15 is 13.7 Å². The summed E-state index contributed by atoms with van der Waals surface area (Å²) in [5.41, 5.74) is 16.8. The molecule has 0 aliphatic carbocycles.